The monoisotopic (exact) mass is 417 g/mol. The van der Waals surface area contributed by atoms with Gasteiger partial charge in [0.05, 0.1) is 17.8 Å². The zero-order valence-electron chi connectivity index (χ0n) is 13.6. The van der Waals surface area contributed by atoms with Gasteiger partial charge in [-0.05, 0) is 36.4 Å². The molecule has 1 N–H and O–H groups in total. The van der Waals surface area contributed by atoms with Crippen molar-refractivity contribution >= 4 is 52.4 Å². The summed E-state index contributed by atoms with van der Waals surface area (Å²) in [6.45, 7) is -0.901. The van der Waals surface area contributed by atoms with Gasteiger partial charge >= 0.3 is 5.97 Å². The summed E-state index contributed by atoms with van der Waals surface area (Å²) >= 11 is 17.6. The van der Waals surface area contributed by atoms with Crippen molar-refractivity contribution in [3.05, 3.63) is 51.5 Å². The molecular weight excluding hydrogens is 405 g/mol. The summed E-state index contributed by atoms with van der Waals surface area (Å²) < 4.78 is 15.2. The van der Waals surface area contributed by atoms with Crippen LogP contribution in [-0.2, 0) is 14.3 Å². The molecule has 0 heterocycles. The van der Waals surface area contributed by atoms with E-state index in [0.29, 0.717) is 21.5 Å². The fraction of sp³-hybridized carbons (Fsp3) is 0.176. The molecule has 0 saturated heterocycles. The Morgan fingerprint density at radius 2 is 1.62 bits per heavy atom. The number of nitrogens with one attached hydrogen (secondary N) is 1. The normalized spacial score (nSPS) is 10.2. The fourth-order valence-electron chi connectivity index (χ4n) is 1.88. The van der Waals surface area contributed by atoms with E-state index in [2.05, 4.69) is 5.32 Å². The van der Waals surface area contributed by atoms with Crippen LogP contribution < -0.4 is 14.8 Å². The summed E-state index contributed by atoms with van der Waals surface area (Å²) in [5.74, 6) is -0.580. The van der Waals surface area contributed by atoms with Gasteiger partial charge in [-0.15, -0.1) is 0 Å². The van der Waals surface area contributed by atoms with Gasteiger partial charge in [0, 0.05) is 10.0 Å². The second-order valence-corrected chi connectivity index (χ2v) is 6.20. The summed E-state index contributed by atoms with van der Waals surface area (Å²) in [4.78, 5) is 23.6. The molecule has 1 amide bonds. The highest BCUT2D eigenvalue weighted by atomic mass is 35.5. The van der Waals surface area contributed by atoms with Gasteiger partial charge in [-0.2, -0.15) is 0 Å². The largest absolute Gasteiger partial charge is 0.495 e. The average molecular weight is 419 g/mol. The number of amides is 1. The molecule has 0 fully saturated rings. The van der Waals surface area contributed by atoms with Crippen molar-refractivity contribution in [1.82, 2.24) is 0 Å². The van der Waals surface area contributed by atoms with Crippen LogP contribution in [0.25, 0.3) is 0 Å². The number of benzene rings is 2. The zero-order chi connectivity index (χ0) is 19.1. The lowest BCUT2D eigenvalue weighted by molar-refractivity contribution is -0.149. The molecule has 0 atom stereocenters. The minimum absolute atomic E-state index is 0.260. The Balaban J connectivity index is 1.81. The molecule has 0 aliphatic rings. The molecule has 0 radical (unpaired) electrons. The van der Waals surface area contributed by atoms with Gasteiger partial charge in [-0.25, -0.2) is 4.79 Å². The van der Waals surface area contributed by atoms with E-state index >= 15 is 0 Å². The van der Waals surface area contributed by atoms with Crippen LogP contribution in [0, 0.1) is 0 Å². The molecule has 0 saturated carbocycles. The number of rotatable bonds is 7. The molecule has 6 nitrogen and oxygen atoms in total. The van der Waals surface area contributed by atoms with E-state index in [4.69, 9.17) is 49.0 Å². The molecule has 2 rings (SSSR count). The number of halogens is 3. The molecule has 0 spiro atoms. The van der Waals surface area contributed by atoms with E-state index in [1.54, 1.807) is 18.2 Å². The molecule has 0 aliphatic heterocycles. The molecule has 26 heavy (non-hydrogen) atoms. The molecule has 0 aromatic heterocycles. The van der Waals surface area contributed by atoms with Crippen molar-refractivity contribution in [2.24, 2.45) is 0 Å². The predicted molar refractivity (Wildman–Crippen MR) is 99.5 cm³/mol. The third-order valence-electron chi connectivity index (χ3n) is 3.04. The Morgan fingerprint density at radius 3 is 2.27 bits per heavy atom. The number of ether oxygens (including phenoxy) is 3. The van der Waals surface area contributed by atoms with E-state index in [9.17, 15) is 9.59 Å². The highest BCUT2D eigenvalue weighted by Crippen LogP contribution is 2.28. The van der Waals surface area contributed by atoms with Crippen molar-refractivity contribution in [3.63, 3.8) is 0 Å². The Labute approximate surface area is 164 Å². The Kier molecular flexibility index (Phi) is 7.38. The number of carbonyl (C=O) groups excluding carboxylic acids is 2. The lowest BCUT2D eigenvalue weighted by Crippen LogP contribution is -2.23. The van der Waals surface area contributed by atoms with Crippen LogP contribution in [0.2, 0.25) is 15.1 Å². The molecule has 2 aromatic carbocycles. The molecule has 138 valence electrons. The first-order valence-corrected chi connectivity index (χ1v) is 8.39. The lowest BCUT2D eigenvalue weighted by atomic mass is 10.3. The standard InChI is InChI=1S/C17H14Cl3NO5/c1-24-15-5-3-11(19)7-13(15)21-16(22)8-26-17(23)9-25-14-4-2-10(18)6-12(14)20/h2-7H,8-9H2,1H3,(H,21,22). The summed E-state index contributed by atoms with van der Waals surface area (Å²) in [6, 6.07) is 9.32. The predicted octanol–water partition coefficient (Wildman–Crippen LogP) is 4.22. The van der Waals surface area contributed by atoms with Gasteiger partial charge in [0.15, 0.2) is 13.2 Å². The molecular formula is C17H14Cl3NO5. The molecule has 0 unspecified atom stereocenters. The maximum absolute atomic E-state index is 11.9. The van der Waals surface area contributed by atoms with Crippen LogP contribution in [0.3, 0.4) is 0 Å². The van der Waals surface area contributed by atoms with E-state index in [0.717, 1.165) is 0 Å². The number of carbonyl (C=O) groups is 2. The lowest BCUT2D eigenvalue weighted by Gasteiger charge is -2.11. The average Bonchev–Trinajstić information content (AvgIpc) is 2.59. The van der Waals surface area contributed by atoms with Crippen LogP contribution in [0.4, 0.5) is 5.69 Å². The fourth-order valence-corrected chi connectivity index (χ4v) is 2.52. The van der Waals surface area contributed by atoms with Gasteiger partial charge < -0.3 is 19.5 Å². The Bertz CT molecular complexity index is 813. The minimum Gasteiger partial charge on any atom is -0.495 e. The second-order valence-electron chi connectivity index (χ2n) is 4.92. The van der Waals surface area contributed by atoms with Crippen LogP contribution in [0.5, 0.6) is 11.5 Å². The SMILES string of the molecule is COc1ccc(Cl)cc1NC(=O)COC(=O)COc1ccc(Cl)cc1Cl. The molecule has 2 aromatic rings. The van der Waals surface area contributed by atoms with Gasteiger partial charge in [0.1, 0.15) is 11.5 Å². The first-order valence-electron chi connectivity index (χ1n) is 7.26. The minimum atomic E-state index is -0.732. The maximum Gasteiger partial charge on any atom is 0.344 e. The van der Waals surface area contributed by atoms with E-state index in [1.165, 1.54) is 25.3 Å². The van der Waals surface area contributed by atoms with E-state index in [-0.39, 0.29) is 10.8 Å². The summed E-state index contributed by atoms with van der Waals surface area (Å²) in [5.41, 5.74) is 0.366. The quantitative estimate of drug-likeness (QED) is 0.682. The zero-order valence-corrected chi connectivity index (χ0v) is 15.8. The van der Waals surface area contributed by atoms with Crippen molar-refractivity contribution in [3.8, 4) is 11.5 Å². The van der Waals surface area contributed by atoms with Crippen molar-refractivity contribution in [1.29, 1.82) is 0 Å². The first kappa shape index (κ1) is 20.2. The summed E-state index contributed by atoms with van der Waals surface area (Å²) in [7, 11) is 1.46. The second kappa shape index (κ2) is 9.52. The third kappa shape index (κ3) is 5.98. The van der Waals surface area contributed by atoms with Gasteiger partial charge in [-0.1, -0.05) is 34.8 Å². The topological polar surface area (TPSA) is 73.9 Å². The highest BCUT2D eigenvalue weighted by molar-refractivity contribution is 6.35. The number of hydrogen-bond donors (Lipinski definition) is 1. The summed E-state index contributed by atoms with van der Waals surface area (Å²) in [6.07, 6.45) is 0. The van der Waals surface area contributed by atoms with Crippen molar-refractivity contribution < 1.29 is 23.8 Å². The van der Waals surface area contributed by atoms with Gasteiger partial charge in [0.2, 0.25) is 0 Å². The molecule has 0 aliphatic carbocycles. The van der Waals surface area contributed by atoms with Crippen molar-refractivity contribution in [2.75, 3.05) is 25.6 Å². The maximum atomic E-state index is 11.9. The number of esters is 1. The van der Waals surface area contributed by atoms with Crippen LogP contribution in [-0.4, -0.2) is 32.2 Å². The number of methoxy groups -OCH3 is 1. The molecule has 0 bridgehead atoms. The van der Waals surface area contributed by atoms with E-state index in [1.807, 2.05) is 0 Å². The van der Waals surface area contributed by atoms with E-state index < -0.39 is 25.1 Å². The first-order chi connectivity index (χ1) is 12.4. The summed E-state index contributed by atoms with van der Waals surface area (Å²) in [5, 5.41) is 3.67. The Hall–Kier alpha value is -2.15. The van der Waals surface area contributed by atoms with Crippen LogP contribution in [0.1, 0.15) is 0 Å². The highest BCUT2D eigenvalue weighted by Gasteiger charge is 2.12. The van der Waals surface area contributed by atoms with Crippen LogP contribution >= 0.6 is 34.8 Å². The van der Waals surface area contributed by atoms with Gasteiger partial charge in [-0.3, -0.25) is 4.79 Å². The molecule has 9 heteroatoms. The number of anilines is 1. The van der Waals surface area contributed by atoms with Crippen LogP contribution in [0.15, 0.2) is 36.4 Å². The Morgan fingerprint density at radius 1 is 0.962 bits per heavy atom. The van der Waals surface area contributed by atoms with Crippen molar-refractivity contribution in [2.45, 2.75) is 0 Å². The number of hydrogen-bond acceptors (Lipinski definition) is 5. The smallest absolute Gasteiger partial charge is 0.344 e. The van der Waals surface area contributed by atoms with Gasteiger partial charge in [0.25, 0.3) is 5.91 Å². The third-order valence-corrected chi connectivity index (χ3v) is 3.80.